The Labute approximate surface area is 136 Å². The number of fused-ring (bicyclic) bond motifs is 3. The molecule has 3 heterocycles. The van der Waals surface area contributed by atoms with Gasteiger partial charge in [-0.3, -0.25) is 14.3 Å². The fourth-order valence-corrected chi connectivity index (χ4v) is 4.47. The molecule has 0 fully saturated rings. The largest absolute Gasteiger partial charge is 0.288 e. The molecule has 0 atom stereocenters. The van der Waals surface area contributed by atoms with Gasteiger partial charge < -0.3 is 0 Å². The molecule has 0 saturated heterocycles. The third-order valence-electron chi connectivity index (χ3n) is 4.28. The lowest BCUT2D eigenvalue weighted by molar-refractivity contribution is 0.441. The Kier molecular flexibility index (Phi) is 3.69. The number of nitrogens with zero attached hydrogens (tertiary/aromatic N) is 3. The van der Waals surface area contributed by atoms with E-state index in [0.29, 0.717) is 16.9 Å². The Morgan fingerprint density at radius 2 is 2.13 bits per heavy atom. The normalized spacial score (nSPS) is 14.1. The second-order valence-electron chi connectivity index (χ2n) is 5.69. The maximum Gasteiger partial charge on any atom is 0.262 e. The van der Waals surface area contributed by atoms with Crippen LogP contribution in [-0.4, -0.2) is 21.2 Å². The van der Waals surface area contributed by atoms with E-state index in [0.717, 1.165) is 36.1 Å². The van der Waals surface area contributed by atoms with Crippen LogP contribution in [0.4, 0.5) is 4.39 Å². The molecule has 0 amide bonds. The molecule has 118 valence electrons. The minimum absolute atomic E-state index is 0.0122. The summed E-state index contributed by atoms with van der Waals surface area (Å²) < 4.78 is 14.5. The van der Waals surface area contributed by atoms with E-state index in [2.05, 4.69) is 9.97 Å². The van der Waals surface area contributed by atoms with E-state index in [9.17, 15) is 9.18 Å². The van der Waals surface area contributed by atoms with Crippen molar-refractivity contribution in [1.82, 2.24) is 14.5 Å². The van der Waals surface area contributed by atoms with E-state index >= 15 is 0 Å². The number of hydrogen-bond acceptors (Lipinski definition) is 4. The van der Waals surface area contributed by atoms with Crippen molar-refractivity contribution in [1.29, 1.82) is 0 Å². The zero-order chi connectivity index (χ0) is 15.8. The number of hydrogen-bond donors (Lipinski definition) is 0. The van der Waals surface area contributed by atoms with Crippen molar-refractivity contribution in [3.8, 4) is 11.5 Å². The lowest BCUT2D eigenvalue weighted by atomic mass is 9.97. The van der Waals surface area contributed by atoms with Crippen LogP contribution in [0.15, 0.2) is 29.2 Å². The van der Waals surface area contributed by atoms with Crippen molar-refractivity contribution in [3.63, 3.8) is 0 Å². The van der Waals surface area contributed by atoms with Crippen LogP contribution in [-0.2, 0) is 19.4 Å². The van der Waals surface area contributed by atoms with Crippen LogP contribution in [0.25, 0.3) is 21.7 Å². The average Bonchev–Trinajstić information content (AvgIpc) is 2.96. The molecule has 0 saturated carbocycles. The Balaban J connectivity index is 2.03. The van der Waals surface area contributed by atoms with E-state index in [1.54, 1.807) is 23.6 Å². The van der Waals surface area contributed by atoms with Gasteiger partial charge in [0.2, 0.25) is 0 Å². The van der Waals surface area contributed by atoms with E-state index < -0.39 is 6.67 Å². The number of halogens is 1. The van der Waals surface area contributed by atoms with Crippen LogP contribution in [0.1, 0.15) is 23.3 Å². The van der Waals surface area contributed by atoms with Crippen LogP contribution in [0.5, 0.6) is 0 Å². The van der Waals surface area contributed by atoms with Gasteiger partial charge in [-0.2, -0.15) is 0 Å². The highest BCUT2D eigenvalue weighted by atomic mass is 32.1. The number of aryl methyl sites for hydroxylation is 2. The Bertz CT molecular complexity index is 917. The molecule has 23 heavy (non-hydrogen) atoms. The fourth-order valence-electron chi connectivity index (χ4n) is 3.22. The first-order chi connectivity index (χ1) is 11.3. The van der Waals surface area contributed by atoms with Crippen molar-refractivity contribution in [2.45, 2.75) is 32.2 Å². The summed E-state index contributed by atoms with van der Waals surface area (Å²) >= 11 is 1.60. The summed E-state index contributed by atoms with van der Waals surface area (Å²) in [6.07, 6.45) is 5.85. The van der Waals surface area contributed by atoms with Crippen molar-refractivity contribution < 1.29 is 4.39 Å². The van der Waals surface area contributed by atoms with Gasteiger partial charge in [0.15, 0.2) is 5.82 Å². The molecule has 4 rings (SSSR count). The lowest BCUT2D eigenvalue weighted by Crippen LogP contribution is -2.25. The molecule has 1 aliphatic carbocycles. The van der Waals surface area contributed by atoms with Gasteiger partial charge in [-0.15, -0.1) is 11.3 Å². The molecule has 0 N–H and O–H groups in total. The first-order valence-electron chi connectivity index (χ1n) is 7.82. The quantitative estimate of drug-likeness (QED) is 0.740. The summed E-state index contributed by atoms with van der Waals surface area (Å²) in [6.45, 7) is -0.586. The molecule has 0 aromatic carbocycles. The maximum absolute atomic E-state index is 13.0. The van der Waals surface area contributed by atoms with Gasteiger partial charge in [-0.25, -0.2) is 9.37 Å². The summed E-state index contributed by atoms with van der Waals surface area (Å²) in [4.78, 5) is 24.0. The van der Waals surface area contributed by atoms with E-state index in [4.69, 9.17) is 0 Å². The number of alkyl halides is 1. The van der Waals surface area contributed by atoms with Crippen LogP contribution in [0, 0.1) is 0 Å². The zero-order valence-electron chi connectivity index (χ0n) is 12.6. The standard InChI is InChI=1S/C17H16FN3OS/c18-8-10-21-15(12-6-3-4-9-19-12)20-16-14(17(21)22)11-5-1-2-7-13(11)23-16/h3-4,6,9H,1-2,5,7-8,10H2. The first kappa shape index (κ1) is 14.5. The Morgan fingerprint density at radius 1 is 1.26 bits per heavy atom. The maximum atomic E-state index is 13.0. The Morgan fingerprint density at radius 3 is 2.91 bits per heavy atom. The van der Waals surface area contributed by atoms with Gasteiger partial charge in [-0.05, 0) is 43.4 Å². The molecule has 0 aliphatic heterocycles. The number of pyridine rings is 1. The lowest BCUT2D eigenvalue weighted by Gasteiger charge is -2.12. The molecule has 6 heteroatoms. The molecular formula is C17H16FN3OS. The van der Waals surface area contributed by atoms with Crippen LogP contribution in [0.2, 0.25) is 0 Å². The smallest absolute Gasteiger partial charge is 0.262 e. The molecule has 1 aliphatic rings. The predicted octanol–water partition coefficient (Wildman–Crippen LogP) is 3.37. The van der Waals surface area contributed by atoms with Crippen LogP contribution < -0.4 is 5.56 Å². The highest BCUT2D eigenvalue weighted by Gasteiger charge is 2.22. The molecule has 0 spiro atoms. The summed E-state index contributed by atoms with van der Waals surface area (Å²) in [5, 5.41) is 0.692. The second kappa shape index (κ2) is 5.85. The van der Waals surface area contributed by atoms with Crippen LogP contribution >= 0.6 is 11.3 Å². The van der Waals surface area contributed by atoms with E-state index in [1.807, 2.05) is 12.1 Å². The molecular weight excluding hydrogens is 313 g/mol. The fraction of sp³-hybridized carbons (Fsp3) is 0.353. The zero-order valence-corrected chi connectivity index (χ0v) is 13.4. The molecule has 3 aromatic heterocycles. The molecule has 0 radical (unpaired) electrons. The first-order valence-corrected chi connectivity index (χ1v) is 8.63. The summed E-state index contributed by atoms with van der Waals surface area (Å²) in [5.41, 5.74) is 1.60. The summed E-state index contributed by atoms with van der Waals surface area (Å²) in [6, 6.07) is 5.46. The van der Waals surface area contributed by atoms with Gasteiger partial charge in [0.05, 0.1) is 11.9 Å². The van der Waals surface area contributed by atoms with E-state index in [1.165, 1.54) is 9.44 Å². The molecule has 0 bridgehead atoms. The summed E-state index contributed by atoms with van der Waals surface area (Å²) in [7, 11) is 0. The van der Waals surface area contributed by atoms with E-state index in [-0.39, 0.29) is 12.1 Å². The minimum Gasteiger partial charge on any atom is -0.288 e. The van der Waals surface area contributed by atoms with Gasteiger partial charge >= 0.3 is 0 Å². The molecule has 4 nitrogen and oxygen atoms in total. The van der Waals surface area contributed by atoms with Gasteiger partial charge in [0.25, 0.3) is 5.56 Å². The van der Waals surface area contributed by atoms with Gasteiger partial charge in [-0.1, -0.05) is 6.07 Å². The van der Waals surface area contributed by atoms with Crippen molar-refractivity contribution in [3.05, 3.63) is 45.2 Å². The highest BCUT2D eigenvalue weighted by Crippen LogP contribution is 2.34. The highest BCUT2D eigenvalue weighted by molar-refractivity contribution is 7.18. The number of aromatic nitrogens is 3. The van der Waals surface area contributed by atoms with Crippen molar-refractivity contribution in [2.24, 2.45) is 0 Å². The third kappa shape index (κ3) is 2.37. The van der Waals surface area contributed by atoms with Crippen molar-refractivity contribution >= 4 is 21.6 Å². The molecule has 3 aromatic rings. The predicted molar refractivity (Wildman–Crippen MR) is 89.7 cm³/mol. The van der Waals surface area contributed by atoms with Gasteiger partial charge in [0.1, 0.15) is 17.2 Å². The van der Waals surface area contributed by atoms with Crippen LogP contribution in [0.3, 0.4) is 0 Å². The number of rotatable bonds is 3. The SMILES string of the molecule is O=c1c2c3c(sc2nc(-c2ccccn2)n1CCF)CCCC3. The third-order valence-corrected chi connectivity index (χ3v) is 5.46. The number of thiophene rings is 1. The minimum atomic E-state index is -0.598. The Hall–Kier alpha value is -2.08. The average molecular weight is 329 g/mol. The second-order valence-corrected chi connectivity index (χ2v) is 6.77. The molecule has 0 unspecified atom stereocenters. The topological polar surface area (TPSA) is 47.8 Å². The van der Waals surface area contributed by atoms with Crippen molar-refractivity contribution in [2.75, 3.05) is 6.67 Å². The van der Waals surface area contributed by atoms with Gasteiger partial charge in [0, 0.05) is 11.1 Å². The summed E-state index contributed by atoms with van der Waals surface area (Å²) in [5.74, 6) is 0.458. The monoisotopic (exact) mass is 329 g/mol.